The van der Waals surface area contributed by atoms with Crippen molar-refractivity contribution < 1.29 is 4.79 Å². The molecule has 2 atom stereocenters. The Morgan fingerprint density at radius 2 is 1.83 bits per heavy atom. The summed E-state index contributed by atoms with van der Waals surface area (Å²) >= 11 is 0. The molecule has 1 aliphatic carbocycles. The molecule has 29 heavy (non-hydrogen) atoms. The molecule has 1 aliphatic heterocycles. The molecule has 0 radical (unpaired) electrons. The van der Waals surface area contributed by atoms with Gasteiger partial charge in [0.2, 0.25) is 0 Å². The molecule has 1 saturated carbocycles. The first kappa shape index (κ1) is 20.3. The van der Waals surface area contributed by atoms with Gasteiger partial charge in [-0.25, -0.2) is 0 Å². The molecule has 154 valence electrons. The molecule has 1 N–H and O–H groups in total. The molecular weight excluding hydrogens is 356 g/mol. The van der Waals surface area contributed by atoms with E-state index in [1.165, 1.54) is 37.9 Å². The molecule has 0 spiro atoms. The van der Waals surface area contributed by atoms with Gasteiger partial charge in [-0.3, -0.25) is 4.79 Å². The Morgan fingerprint density at radius 1 is 1.10 bits per heavy atom. The summed E-state index contributed by atoms with van der Waals surface area (Å²) in [4.78, 5) is 15.1. The number of aryl methyl sites for hydroxylation is 1. The van der Waals surface area contributed by atoms with Crippen LogP contribution < -0.4 is 5.32 Å². The van der Waals surface area contributed by atoms with Gasteiger partial charge in [0.05, 0.1) is 0 Å². The highest BCUT2D eigenvalue weighted by Crippen LogP contribution is 2.41. The van der Waals surface area contributed by atoms with E-state index in [-0.39, 0.29) is 5.78 Å². The van der Waals surface area contributed by atoms with Crippen LogP contribution in [0, 0.1) is 6.92 Å². The second kappa shape index (κ2) is 8.81. The van der Waals surface area contributed by atoms with Crippen molar-refractivity contribution in [2.24, 2.45) is 0 Å². The van der Waals surface area contributed by atoms with Crippen molar-refractivity contribution in [3.63, 3.8) is 0 Å². The summed E-state index contributed by atoms with van der Waals surface area (Å²) in [6.07, 6.45) is 4.25. The van der Waals surface area contributed by atoms with Crippen molar-refractivity contribution in [3.8, 4) is 0 Å². The number of nitrogens with zero attached hydrogens (tertiary/aromatic N) is 1. The Bertz CT molecular complexity index is 834. The number of nitrogens with one attached hydrogen (secondary N) is 1. The van der Waals surface area contributed by atoms with E-state index >= 15 is 0 Å². The molecule has 4 rings (SSSR count). The van der Waals surface area contributed by atoms with E-state index in [1.54, 1.807) is 0 Å². The summed E-state index contributed by atoms with van der Waals surface area (Å²) in [5.41, 5.74) is 4.46. The van der Waals surface area contributed by atoms with Crippen LogP contribution in [-0.4, -0.2) is 41.9 Å². The number of Topliss-reactive ketones (excluding diaryl/α,β-unsaturated/α-hetero) is 1. The quantitative estimate of drug-likeness (QED) is 0.693. The molecule has 0 aromatic heterocycles. The van der Waals surface area contributed by atoms with E-state index < -0.39 is 0 Å². The number of benzene rings is 2. The predicted octanol–water partition coefficient (Wildman–Crippen LogP) is 4.74. The third-order valence-corrected chi connectivity index (χ3v) is 6.61. The van der Waals surface area contributed by atoms with Gasteiger partial charge in [0.25, 0.3) is 0 Å². The Balaban J connectivity index is 1.27. The second-order valence-corrected chi connectivity index (χ2v) is 9.23. The van der Waals surface area contributed by atoms with Gasteiger partial charge in [-0.1, -0.05) is 48.0 Å². The van der Waals surface area contributed by atoms with Crippen LogP contribution in [-0.2, 0) is 6.42 Å². The standard InChI is InChI=1S/C26H34N2O/c1-18(2)28-13-11-23(12-14-28)27-25-17-24(25)21-9-7-20(8-10-21)16-26(29)22-6-4-5-19(3)15-22/h4-10,15,18,23-25,27H,11-14,16-17H2,1-3H3. The van der Waals surface area contributed by atoms with Crippen LogP contribution >= 0.6 is 0 Å². The lowest BCUT2D eigenvalue weighted by Gasteiger charge is -2.35. The summed E-state index contributed by atoms with van der Waals surface area (Å²) in [5, 5.41) is 3.89. The average Bonchev–Trinajstić information content (AvgIpc) is 3.48. The van der Waals surface area contributed by atoms with Crippen LogP contribution in [0.2, 0.25) is 0 Å². The zero-order chi connectivity index (χ0) is 20.4. The largest absolute Gasteiger partial charge is 0.311 e. The summed E-state index contributed by atoms with van der Waals surface area (Å²) in [6, 6.07) is 18.6. The number of rotatable bonds is 7. The van der Waals surface area contributed by atoms with Gasteiger partial charge in [-0.2, -0.15) is 0 Å². The van der Waals surface area contributed by atoms with Crippen LogP contribution in [0.1, 0.15) is 66.1 Å². The molecule has 2 aromatic carbocycles. The Hall–Kier alpha value is -1.97. The van der Waals surface area contributed by atoms with Crippen LogP contribution in [0.3, 0.4) is 0 Å². The fourth-order valence-corrected chi connectivity index (χ4v) is 4.62. The van der Waals surface area contributed by atoms with Crippen LogP contribution in [0.4, 0.5) is 0 Å². The third kappa shape index (κ3) is 5.15. The molecule has 2 aliphatic rings. The first-order chi connectivity index (χ1) is 14.0. The topological polar surface area (TPSA) is 32.3 Å². The lowest BCUT2D eigenvalue weighted by molar-refractivity contribution is 0.0993. The van der Waals surface area contributed by atoms with Crippen LogP contribution in [0.5, 0.6) is 0 Å². The lowest BCUT2D eigenvalue weighted by Crippen LogP contribution is -2.45. The van der Waals surface area contributed by atoms with Crippen LogP contribution in [0.15, 0.2) is 48.5 Å². The van der Waals surface area contributed by atoms with Crippen molar-refractivity contribution in [3.05, 3.63) is 70.8 Å². The fourth-order valence-electron chi connectivity index (χ4n) is 4.62. The average molecular weight is 391 g/mol. The molecule has 3 heteroatoms. The highest BCUT2D eigenvalue weighted by atomic mass is 16.1. The number of ketones is 1. The minimum Gasteiger partial charge on any atom is -0.311 e. The van der Waals surface area contributed by atoms with E-state index in [2.05, 4.69) is 48.3 Å². The smallest absolute Gasteiger partial charge is 0.167 e. The van der Waals surface area contributed by atoms with Gasteiger partial charge in [-0.15, -0.1) is 0 Å². The van der Waals surface area contributed by atoms with Crippen molar-refractivity contribution in [2.75, 3.05) is 13.1 Å². The van der Waals surface area contributed by atoms with E-state index in [9.17, 15) is 4.79 Å². The maximum atomic E-state index is 12.5. The Morgan fingerprint density at radius 3 is 2.48 bits per heavy atom. The minimum atomic E-state index is 0.195. The molecule has 2 aromatic rings. The molecule has 0 amide bonds. The van der Waals surface area contributed by atoms with Gasteiger partial charge in [-0.05, 0) is 70.3 Å². The maximum Gasteiger partial charge on any atom is 0.167 e. The van der Waals surface area contributed by atoms with Gasteiger partial charge < -0.3 is 10.2 Å². The summed E-state index contributed by atoms with van der Waals surface area (Å²) < 4.78 is 0. The third-order valence-electron chi connectivity index (χ3n) is 6.61. The molecule has 3 nitrogen and oxygen atoms in total. The summed E-state index contributed by atoms with van der Waals surface area (Å²) in [6.45, 7) is 9.05. The van der Waals surface area contributed by atoms with E-state index in [4.69, 9.17) is 0 Å². The van der Waals surface area contributed by atoms with Crippen LogP contribution in [0.25, 0.3) is 0 Å². The predicted molar refractivity (Wildman–Crippen MR) is 120 cm³/mol. The number of carbonyl (C=O) groups excluding carboxylic acids is 1. The van der Waals surface area contributed by atoms with Gasteiger partial charge in [0, 0.05) is 36.0 Å². The van der Waals surface area contributed by atoms with Crippen molar-refractivity contribution in [2.45, 2.75) is 70.5 Å². The van der Waals surface area contributed by atoms with E-state index in [1.807, 2.05) is 31.2 Å². The molecule has 2 unspecified atom stereocenters. The molecule has 1 heterocycles. The first-order valence-electron chi connectivity index (χ1n) is 11.2. The molecule has 0 bridgehead atoms. The van der Waals surface area contributed by atoms with Crippen molar-refractivity contribution in [1.82, 2.24) is 10.2 Å². The highest BCUT2D eigenvalue weighted by molar-refractivity contribution is 5.97. The van der Waals surface area contributed by atoms with E-state index in [0.717, 1.165) is 16.7 Å². The Labute approximate surface area is 175 Å². The number of likely N-dealkylation sites (tertiary alicyclic amines) is 1. The summed E-state index contributed by atoms with van der Waals surface area (Å²) in [7, 11) is 0. The Kier molecular flexibility index (Phi) is 6.17. The van der Waals surface area contributed by atoms with Crippen molar-refractivity contribution in [1.29, 1.82) is 0 Å². The monoisotopic (exact) mass is 390 g/mol. The SMILES string of the molecule is Cc1cccc(C(=O)Cc2ccc(C3CC3NC3CCN(C(C)C)CC3)cc2)c1. The highest BCUT2D eigenvalue weighted by Gasteiger charge is 2.39. The van der Waals surface area contributed by atoms with E-state index in [0.29, 0.717) is 30.5 Å². The molecular formula is C26H34N2O. The van der Waals surface area contributed by atoms with Gasteiger partial charge in [0.15, 0.2) is 5.78 Å². The normalized spacial score (nSPS) is 22.8. The number of hydrogen-bond donors (Lipinski definition) is 1. The number of piperidine rings is 1. The van der Waals surface area contributed by atoms with Gasteiger partial charge in [0.1, 0.15) is 0 Å². The maximum absolute atomic E-state index is 12.5. The number of hydrogen-bond acceptors (Lipinski definition) is 3. The molecule has 2 fully saturated rings. The van der Waals surface area contributed by atoms with Crippen molar-refractivity contribution >= 4 is 5.78 Å². The second-order valence-electron chi connectivity index (χ2n) is 9.23. The zero-order valence-electron chi connectivity index (χ0n) is 18.0. The zero-order valence-corrected chi connectivity index (χ0v) is 18.0. The lowest BCUT2D eigenvalue weighted by atomic mass is 9.99. The molecule has 1 saturated heterocycles. The first-order valence-corrected chi connectivity index (χ1v) is 11.2. The van der Waals surface area contributed by atoms with Gasteiger partial charge >= 0.3 is 0 Å². The fraction of sp³-hybridized carbons (Fsp3) is 0.500. The summed E-state index contributed by atoms with van der Waals surface area (Å²) in [5.74, 6) is 0.833. The minimum absolute atomic E-state index is 0.195. The number of carbonyl (C=O) groups is 1.